The molecule has 2 saturated carbocycles. The fraction of sp³-hybridized carbons (Fsp3) is 0.854. The molecular formula is C41H70N10O12S2. The molecule has 2 aliphatic carbocycles. The lowest BCUT2D eigenvalue weighted by atomic mass is 10.0. The summed E-state index contributed by atoms with van der Waals surface area (Å²) >= 11 is 0. The van der Waals surface area contributed by atoms with E-state index in [4.69, 9.17) is 19.1 Å². The predicted molar refractivity (Wildman–Crippen MR) is 232 cm³/mol. The number of amides is 4. The van der Waals surface area contributed by atoms with E-state index in [1.165, 1.54) is 91.8 Å². The van der Waals surface area contributed by atoms with Crippen molar-refractivity contribution in [2.45, 2.75) is 180 Å². The Bertz CT molecular complexity index is 1960. The number of quaternary nitrogens is 1. The Morgan fingerprint density at radius 1 is 0.692 bits per heavy atom. The molecule has 22 nitrogen and oxygen atoms in total. The monoisotopic (exact) mass is 958 g/mol. The number of fused-ring (bicyclic) bond motifs is 4. The quantitative estimate of drug-likeness (QED) is 0.0834. The van der Waals surface area contributed by atoms with Crippen molar-refractivity contribution in [2.24, 2.45) is 11.1 Å². The Kier molecular flexibility index (Phi) is 16.6. The fourth-order valence-corrected chi connectivity index (χ4v) is 9.93. The fourth-order valence-electron chi connectivity index (χ4n) is 9.16. The van der Waals surface area contributed by atoms with Gasteiger partial charge in [0.05, 0.1) is 38.3 Å². The number of piperidine rings is 2. The van der Waals surface area contributed by atoms with Crippen LogP contribution in [0.1, 0.15) is 173 Å². The first-order chi connectivity index (χ1) is 30.7. The third kappa shape index (κ3) is 13.8. The molecule has 2 aromatic rings. The van der Waals surface area contributed by atoms with E-state index in [2.05, 4.69) is 63.6 Å². The van der Waals surface area contributed by atoms with Gasteiger partial charge in [0, 0.05) is 31.5 Å². The highest BCUT2D eigenvalue weighted by atomic mass is 32.3. The van der Waals surface area contributed by atoms with Gasteiger partial charge in [-0.25, -0.2) is 18.0 Å². The number of carbonyl (C=O) groups excluding carboxylic acids is 2. The van der Waals surface area contributed by atoms with E-state index in [1.807, 2.05) is 0 Å². The Morgan fingerprint density at radius 2 is 1.11 bits per heavy atom. The topological polar surface area (TPSA) is 281 Å². The van der Waals surface area contributed by atoms with Crippen molar-refractivity contribution in [3.8, 4) is 0 Å². The molecule has 24 heteroatoms. The summed E-state index contributed by atoms with van der Waals surface area (Å²) in [4.78, 5) is 27.5. The average Bonchev–Trinajstić information content (AvgIpc) is 3.94. The van der Waals surface area contributed by atoms with Gasteiger partial charge < -0.3 is 33.4 Å². The summed E-state index contributed by atoms with van der Waals surface area (Å²) in [5.41, 5.74) is 6.00. The molecule has 3 N–H and O–H groups in total. The largest absolute Gasteiger partial charge is 0.724 e. The Morgan fingerprint density at radius 3 is 1.48 bits per heavy atom. The summed E-state index contributed by atoms with van der Waals surface area (Å²) in [6.07, 6.45) is 18.4. The molecular weight excluding hydrogens is 889 g/mol. The van der Waals surface area contributed by atoms with E-state index in [-0.39, 0.29) is 24.0 Å². The average molecular weight is 959 g/mol. The van der Waals surface area contributed by atoms with Crippen LogP contribution in [0.5, 0.6) is 0 Å². The summed E-state index contributed by atoms with van der Waals surface area (Å²) < 4.78 is 84.4. The van der Waals surface area contributed by atoms with Crippen LogP contribution in [0.25, 0.3) is 0 Å². The minimum absolute atomic E-state index is 0.234. The molecule has 6 heterocycles. The zero-order valence-corrected chi connectivity index (χ0v) is 40.3. The van der Waals surface area contributed by atoms with Crippen molar-refractivity contribution in [2.75, 3.05) is 39.3 Å². The smallest absolute Gasteiger partial charge is 0.418 e. The van der Waals surface area contributed by atoms with Gasteiger partial charge in [-0.3, -0.25) is 4.55 Å². The lowest BCUT2D eigenvalue weighted by molar-refractivity contribution is -0.929. The van der Waals surface area contributed by atoms with Crippen LogP contribution >= 0.6 is 0 Å². The minimum atomic E-state index is -4.99. The highest BCUT2D eigenvalue weighted by molar-refractivity contribution is 7.81. The van der Waals surface area contributed by atoms with Crippen molar-refractivity contribution >= 4 is 32.9 Å². The number of unbranched alkanes of at least 4 members (excludes halogenated alkanes) is 4. The summed E-state index contributed by atoms with van der Waals surface area (Å²) in [5, 5.41) is 17.4. The molecule has 368 valence electrons. The van der Waals surface area contributed by atoms with Crippen molar-refractivity contribution in [3.05, 3.63) is 23.6 Å². The first-order valence-electron chi connectivity index (χ1n) is 23.5. The van der Waals surface area contributed by atoms with Crippen molar-refractivity contribution in [1.29, 1.82) is 0 Å². The van der Waals surface area contributed by atoms with E-state index in [9.17, 15) is 31.0 Å². The van der Waals surface area contributed by atoms with Crippen LogP contribution in [0.2, 0.25) is 0 Å². The zero-order chi connectivity index (χ0) is 47.2. The summed E-state index contributed by atoms with van der Waals surface area (Å²) in [6, 6.07) is -3.11. The number of carbonyl (C=O) groups is 2. The normalized spacial score (nSPS) is 24.2. The third-order valence-corrected chi connectivity index (χ3v) is 14.2. The summed E-state index contributed by atoms with van der Waals surface area (Å²) in [5.74, 6) is 1.63. The summed E-state index contributed by atoms with van der Waals surface area (Å²) in [7, 11) is -9.75. The van der Waals surface area contributed by atoms with Crippen molar-refractivity contribution in [1.82, 2.24) is 40.3 Å². The molecule has 4 aliphatic heterocycles. The van der Waals surface area contributed by atoms with Gasteiger partial charge in [0.15, 0.2) is 0 Å². The number of nitrogens with two attached hydrogens (primary N) is 1. The van der Waals surface area contributed by atoms with Gasteiger partial charge in [-0.2, -0.15) is 22.8 Å². The number of aromatic nitrogens is 4. The zero-order valence-electron chi connectivity index (χ0n) is 38.6. The number of hydrogen-bond acceptors (Lipinski definition) is 16. The van der Waals surface area contributed by atoms with Crippen LogP contribution in [-0.2, 0) is 42.2 Å². The van der Waals surface area contributed by atoms with Crippen LogP contribution in [0.3, 0.4) is 0 Å². The van der Waals surface area contributed by atoms with Crippen LogP contribution in [0, 0.1) is 5.41 Å². The SMILES string of the molecule is CC1(Cc2nnc([C@@H]3CC[C@@H]4CN3C(=O)N4OS(=O)(=O)[O-])o2)CC1.CCCC[N+](CCCC)(CCCC)CCCC.NC1(Cc2nnc([C@@H]3CC[C@@H]4CN3C(=O)N4OS(=O)(=O)O)o2)CC1. The number of urea groups is 2. The van der Waals surface area contributed by atoms with E-state index in [0.29, 0.717) is 72.2 Å². The van der Waals surface area contributed by atoms with Gasteiger partial charge in [-0.15, -0.1) is 24.7 Å². The molecule has 4 bridgehead atoms. The van der Waals surface area contributed by atoms with E-state index >= 15 is 0 Å². The van der Waals surface area contributed by atoms with Crippen LogP contribution in [0.4, 0.5) is 9.59 Å². The molecule has 6 fully saturated rings. The highest BCUT2D eigenvalue weighted by Gasteiger charge is 2.51. The molecule has 6 aliphatic rings. The van der Waals surface area contributed by atoms with Gasteiger partial charge in [0.2, 0.25) is 34.0 Å². The molecule has 4 amide bonds. The summed E-state index contributed by atoms with van der Waals surface area (Å²) in [6.45, 7) is 17.7. The van der Waals surface area contributed by atoms with E-state index < -0.39 is 57.0 Å². The molecule has 0 unspecified atom stereocenters. The molecule has 65 heavy (non-hydrogen) atoms. The Labute approximate surface area is 383 Å². The highest BCUT2D eigenvalue weighted by Crippen LogP contribution is 2.48. The molecule has 0 radical (unpaired) electrons. The molecule has 0 spiro atoms. The first-order valence-corrected chi connectivity index (χ1v) is 26.2. The molecule has 4 atom stereocenters. The van der Waals surface area contributed by atoms with Crippen LogP contribution < -0.4 is 5.73 Å². The lowest BCUT2D eigenvalue weighted by Crippen LogP contribution is -2.50. The molecule has 8 rings (SSSR count). The molecule has 2 aromatic heterocycles. The maximum atomic E-state index is 12.3. The first kappa shape index (κ1) is 50.9. The van der Waals surface area contributed by atoms with Crippen molar-refractivity contribution in [3.63, 3.8) is 0 Å². The maximum Gasteiger partial charge on any atom is 0.418 e. The van der Waals surface area contributed by atoms with Gasteiger partial charge in [0.1, 0.15) is 12.1 Å². The van der Waals surface area contributed by atoms with Crippen molar-refractivity contribution < 1.29 is 57.4 Å². The molecule has 0 aromatic carbocycles. The van der Waals surface area contributed by atoms with Crippen LogP contribution in [0.15, 0.2) is 8.83 Å². The van der Waals surface area contributed by atoms with Gasteiger partial charge in [0.25, 0.3) is 0 Å². The number of hydrogen-bond donors (Lipinski definition) is 2. The van der Waals surface area contributed by atoms with E-state index in [0.717, 1.165) is 25.7 Å². The second-order valence-corrected chi connectivity index (χ2v) is 21.2. The minimum Gasteiger partial charge on any atom is -0.724 e. The molecule has 4 saturated heterocycles. The van der Waals surface area contributed by atoms with Gasteiger partial charge in [-0.05, 0) is 82.5 Å². The number of hydroxylamine groups is 4. The van der Waals surface area contributed by atoms with Gasteiger partial charge >= 0.3 is 22.5 Å². The lowest BCUT2D eigenvalue weighted by Gasteiger charge is -2.39. The number of rotatable bonds is 22. The van der Waals surface area contributed by atoms with E-state index in [1.54, 1.807) is 0 Å². The third-order valence-electron chi connectivity index (χ3n) is 13.5. The Balaban J connectivity index is 0.000000165. The predicted octanol–water partition coefficient (Wildman–Crippen LogP) is 5.53. The standard InChI is InChI=1S/C16H36N.C13H18N4O6S.C12H17N5O6S/c1-5-9-13-17(14-10-6-2,15-11-7-3)16-12-8-4;1-13(4-5-13)6-10-14-15-11(22-10)9-3-2-8-7-16(9)12(18)17(8)23-24(19,20)21;13-12(3-4-12)5-9-14-15-10(22-9)8-2-1-7-6-16(8)11(18)17(7)23-24(19,20)21/h5-16H2,1-4H3;8-9H,2-7H2,1H3,(H,19,20,21);7-8H,1-6,13H2,(H,19,20,21)/q+1;;/p-1/t;8-,9+;7-,8+/m.11/s1. The van der Waals surface area contributed by atoms with Crippen LogP contribution in [-0.4, -0.2) is 140 Å². The second kappa shape index (κ2) is 21.2. The number of nitrogens with zero attached hydrogens (tertiary/aromatic N) is 9. The second-order valence-electron chi connectivity index (χ2n) is 19.2. The Hall–Kier alpha value is -3.52. The van der Waals surface area contributed by atoms with Gasteiger partial charge in [-0.1, -0.05) is 60.3 Å². The maximum absolute atomic E-state index is 12.3.